The van der Waals surface area contributed by atoms with Crippen LogP contribution in [0.15, 0.2) is 12.3 Å². The lowest BCUT2D eigenvalue weighted by Crippen LogP contribution is -2.36. The van der Waals surface area contributed by atoms with Crippen LogP contribution in [0, 0.1) is 0 Å². The number of aromatic nitrogens is 2. The van der Waals surface area contributed by atoms with Gasteiger partial charge in [-0.25, -0.2) is 4.79 Å². The minimum Gasteiger partial charge on any atom is -0.481 e. The summed E-state index contributed by atoms with van der Waals surface area (Å²) in [5, 5.41) is 15.4. The van der Waals surface area contributed by atoms with E-state index in [0.29, 0.717) is 5.69 Å². The second-order valence-electron chi connectivity index (χ2n) is 5.18. The fourth-order valence-electron chi connectivity index (χ4n) is 1.58. The van der Waals surface area contributed by atoms with Gasteiger partial charge in [0, 0.05) is 13.2 Å². The Labute approximate surface area is 111 Å². The van der Waals surface area contributed by atoms with Crippen LogP contribution in [0.4, 0.5) is 4.79 Å². The topological polar surface area (TPSA) is 93.5 Å². The van der Waals surface area contributed by atoms with Crippen molar-refractivity contribution < 1.29 is 19.4 Å². The number of carboxylic acids is 1. The van der Waals surface area contributed by atoms with Gasteiger partial charge in [-0.3, -0.25) is 9.48 Å². The van der Waals surface area contributed by atoms with Gasteiger partial charge in [0.2, 0.25) is 0 Å². The first kappa shape index (κ1) is 15.0. The molecule has 0 radical (unpaired) electrons. The molecule has 1 heterocycles. The summed E-state index contributed by atoms with van der Waals surface area (Å²) in [6, 6.07) is 0.977. The molecule has 0 saturated heterocycles. The van der Waals surface area contributed by atoms with Gasteiger partial charge in [-0.2, -0.15) is 5.10 Å². The van der Waals surface area contributed by atoms with Gasteiger partial charge in [-0.1, -0.05) is 0 Å². The molecular weight excluding hydrogens is 250 g/mol. The van der Waals surface area contributed by atoms with Gasteiger partial charge < -0.3 is 15.2 Å². The number of ether oxygens (including phenoxy) is 1. The van der Waals surface area contributed by atoms with Gasteiger partial charge in [-0.15, -0.1) is 0 Å². The zero-order valence-electron chi connectivity index (χ0n) is 11.5. The maximum absolute atomic E-state index is 11.7. The average Bonchev–Trinajstić information content (AvgIpc) is 2.59. The molecular formula is C12H19N3O4. The molecule has 7 nitrogen and oxygen atoms in total. The lowest BCUT2D eigenvalue weighted by atomic mass is 10.1. The highest BCUT2D eigenvalue weighted by Gasteiger charge is 2.24. The number of rotatable bonds is 4. The molecule has 19 heavy (non-hydrogen) atoms. The molecule has 0 saturated carbocycles. The van der Waals surface area contributed by atoms with Crippen LogP contribution in [0.25, 0.3) is 0 Å². The van der Waals surface area contributed by atoms with Crippen LogP contribution < -0.4 is 5.32 Å². The summed E-state index contributed by atoms with van der Waals surface area (Å²) in [5.41, 5.74) is -0.0297. The highest BCUT2D eigenvalue weighted by atomic mass is 16.6. The van der Waals surface area contributed by atoms with Gasteiger partial charge in [0.05, 0.1) is 18.2 Å². The van der Waals surface area contributed by atoms with E-state index in [9.17, 15) is 9.59 Å². The van der Waals surface area contributed by atoms with Gasteiger partial charge in [-0.05, 0) is 26.8 Å². The van der Waals surface area contributed by atoms with Crippen LogP contribution >= 0.6 is 0 Å². The number of aliphatic carboxylic acids is 1. The predicted octanol–water partition coefficient (Wildman–Crippen LogP) is 1.46. The molecule has 0 aliphatic heterocycles. The van der Waals surface area contributed by atoms with E-state index in [0.717, 1.165) is 0 Å². The molecule has 1 atom stereocenters. The Morgan fingerprint density at radius 1 is 1.53 bits per heavy atom. The summed E-state index contributed by atoms with van der Waals surface area (Å²) in [4.78, 5) is 22.6. The number of hydrogen-bond donors (Lipinski definition) is 2. The van der Waals surface area contributed by atoms with Crippen molar-refractivity contribution >= 4 is 12.1 Å². The Hall–Kier alpha value is -2.05. The predicted molar refractivity (Wildman–Crippen MR) is 67.6 cm³/mol. The van der Waals surface area contributed by atoms with Crippen LogP contribution in [0.3, 0.4) is 0 Å². The molecule has 2 N–H and O–H groups in total. The summed E-state index contributed by atoms with van der Waals surface area (Å²) in [5.74, 6) is -1.01. The second kappa shape index (κ2) is 5.73. The number of carbonyl (C=O) groups is 2. The average molecular weight is 269 g/mol. The van der Waals surface area contributed by atoms with E-state index in [1.54, 1.807) is 40.1 Å². The molecule has 0 aromatic carbocycles. The largest absolute Gasteiger partial charge is 0.481 e. The molecule has 1 amide bonds. The van der Waals surface area contributed by atoms with Gasteiger partial charge in [0.25, 0.3) is 0 Å². The normalized spacial score (nSPS) is 12.8. The van der Waals surface area contributed by atoms with Crippen molar-refractivity contribution in [1.29, 1.82) is 0 Å². The standard InChI is InChI=1S/C12H19N3O4/c1-12(2,3)19-11(18)14-8(7-10(16)17)9-5-6-13-15(9)4/h5-6,8H,7H2,1-4H3,(H,14,18)(H,16,17)/t8-/m0/s1. The first-order valence-corrected chi connectivity index (χ1v) is 5.88. The zero-order chi connectivity index (χ0) is 14.6. The lowest BCUT2D eigenvalue weighted by molar-refractivity contribution is -0.137. The molecule has 0 spiro atoms. The van der Waals surface area contributed by atoms with Crippen molar-refractivity contribution in [2.24, 2.45) is 7.05 Å². The highest BCUT2D eigenvalue weighted by molar-refractivity contribution is 5.72. The van der Waals surface area contributed by atoms with E-state index >= 15 is 0 Å². The van der Waals surface area contributed by atoms with E-state index in [4.69, 9.17) is 9.84 Å². The van der Waals surface area contributed by atoms with Crippen LogP contribution in [0.5, 0.6) is 0 Å². The van der Waals surface area contributed by atoms with E-state index in [1.165, 1.54) is 4.68 Å². The van der Waals surface area contributed by atoms with Crippen LogP contribution in [0.1, 0.15) is 38.9 Å². The Morgan fingerprint density at radius 3 is 2.58 bits per heavy atom. The number of carboxylic acid groups (broad SMARTS) is 1. The third kappa shape index (κ3) is 4.99. The van der Waals surface area contributed by atoms with Crippen molar-refractivity contribution in [3.8, 4) is 0 Å². The van der Waals surface area contributed by atoms with E-state index in [2.05, 4.69) is 10.4 Å². The Kier molecular flexibility index (Phi) is 4.52. The smallest absolute Gasteiger partial charge is 0.408 e. The molecule has 0 aliphatic rings. The molecule has 1 aromatic heterocycles. The molecule has 1 rings (SSSR count). The highest BCUT2D eigenvalue weighted by Crippen LogP contribution is 2.17. The second-order valence-corrected chi connectivity index (χ2v) is 5.18. The molecule has 0 aliphatic carbocycles. The number of aryl methyl sites for hydroxylation is 1. The van der Waals surface area contributed by atoms with Crippen molar-refractivity contribution in [3.63, 3.8) is 0 Å². The fraction of sp³-hybridized carbons (Fsp3) is 0.583. The van der Waals surface area contributed by atoms with Gasteiger partial charge in [0.15, 0.2) is 0 Å². The maximum Gasteiger partial charge on any atom is 0.408 e. The van der Waals surface area contributed by atoms with E-state index in [-0.39, 0.29) is 6.42 Å². The maximum atomic E-state index is 11.7. The minimum absolute atomic E-state index is 0.237. The number of carbonyl (C=O) groups excluding carboxylic acids is 1. The lowest BCUT2D eigenvalue weighted by Gasteiger charge is -2.23. The van der Waals surface area contributed by atoms with Crippen molar-refractivity contribution in [2.45, 2.75) is 38.8 Å². The van der Waals surface area contributed by atoms with Crippen LogP contribution in [-0.2, 0) is 16.6 Å². The number of nitrogens with zero attached hydrogens (tertiary/aromatic N) is 2. The van der Waals surface area contributed by atoms with Gasteiger partial charge >= 0.3 is 12.1 Å². The van der Waals surface area contributed by atoms with Crippen LogP contribution in [-0.4, -0.2) is 32.6 Å². The minimum atomic E-state index is -1.01. The molecule has 106 valence electrons. The third-order valence-electron chi connectivity index (χ3n) is 2.29. The van der Waals surface area contributed by atoms with E-state index in [1.807, 2.05) is 0 Å². The molecule has 1 aromatic rings. The zero-order valence-corrected chi connectivity index (χ0v) is 11.5. The van der Waals surface area contributed by atoms with E-state index < -0.39 is 23.7 Å². The Bertz CT molecular complexity index is 462. The number of hydrogen-bond acceptors (Lipinski definition) is 4. The summed E-state index contributed by atoms with van der Waals surface area (Å²) >= 11 is 0. The first-order chi connectivity index (χ1) is 8.69. The fourth-order valence-corrected chi connectivity index (χ4v) is 1.58. The monoisotopic (exact) mass is 269 g/mol. The number of nitrogens with one attached hydrogen (secondary N) is 1. The molecule has 7 heteroatoms. The van der Waals surface area contributed by atoms with Crippen molar-refractivity contribution in [3.05, 3.63) is 18.0 Å². The quantitative estimate of drug-likeness (QED) is 0.863. The summed E-state index contributed by atoms with van der Waals surface area (Å²) < 4.78 is 6.63. The SMILES string of the molecule is Cn1nccc1[C@H](CC(=O)O)NC(=O)OC(C)(C)C. The number of amides is 1. The summed E-state index contributed by atoms with van der Waals surface area (Å²) in [7, 11) is 1.68. The number of alkyl carbamates (subject to hydrolysis) is 1. The molecule has 0 bridgehead atoms. The Balaban J connectivity index is 2.79. The van der Waals surface area contributed by atoms with Crippen molar-refractivity contribution in [2.75, 3.05) is 0 Å². The van der Waals surface area contributed by atoms with Crippen molar-refractivity contribution in [1.82, 2.24) is 15.1 Å². The summed E-state index contributed by atoms with van der Waals surface area (Å²) in [6.45, 7) is 5.22. The van der Waals surface area contributed by atoms with Gasteiger partial charge in [0.1, 0.15) is 5.60 Å². The van der Waals surface area contributed by atoms with Crippen LogP contribution in [0.2, 0.25) is 0 Å². The third-order valence-corrected chi connectivity index (χ3v) is 2.29. The molecule has 0 fully saturated rings. The summed E-state index contributed by atoms with van der Waals surface area (Å²) in [6.07, 6.45) is 0.652. The Morgan fingerprint density at radius 2 is 2.16 bits per heavy atom. The first-order valence-electron chi connectivity index (χ1n) is 5.88. The molecule has 0 unspecified atom stereocenters.